The third-order valence-corrected chi connectivity index (χ3v) is 3.32. The minimum absolute atomic E-state index is 0.371. The quantitative estimate of drug-likeness (QED) is 0.860. The SMILES string of the molecule is Cc1ccccc1N(C)CCC1CNCCO1. The lowest BCUT2D eigenvalue weighted by Crippen LogP contribution is -2.40. The average molecular weight is 234 g/mol. The first-order valence-electron chi connectivity index (χ1n) is 6.36. The Kier molecular flexibility index (Phi) is 4.40. The highest BCUT2D eigenvalue weighted by Crippen LogP contribution is 2.18. The summed E-state index contributed by atoms with van der Waals surface area (Å²) in [5.74, 6) is 0. The summed E-state index contributed by atoms with van der Waals surface area (Å²) in [6.45, 7) is 6.02. The second-order valence-electron chi connectivity index (χ2n) is 4.69. The number of hydrogen-bond donors (Lipinski definition) is 1. The van der Waals surface area contributed by atoms with Gasteiger partial charge in [-0.3, -0.25) is 0 Å². The Hall–Kier alpha value is -1.06. The monoisotopic (exact) mass is 234 g/mol. The van der Waals surface area contributed by atoms with Crippen LogP contribution < -0.4 is 10.2 Å². The van der Waals surface area contributed by atoms with Gasteiger partial charge in [-0.25, -0.2) is 0 Å². The van der Waals surface area contributed by atoms with Crippen LogP contribution >= 0.6 is 0 Å². The van der Waals surface area contributed by atoms with Crippen LogP contribution in [0.4, 0.5) is 5.69 Å². The average Bonchev–Trinajstić information content (AvgIpc) is 2.38. The van der Waals surface area contributed by atoms with Crippen molar-refractivity contribution in [1.29, 1.82) is 0 Å². The van der Waals surface area contributed by atoms with Gasteiger partial charge < -0.3 is 15.0 Å². The third kappa shape index (κ3) is 3.45. The van der Waals surface area contributed by atoms with Crippen molar-refractivity contribution in [1.82, 2.24) is 5.32 Å². The maximum absolute atomic E-state index is 5.71. The molecule has 0 radical (unpaired) electrons. The van der Waals surface area contributed by atoms with Crippen molar-refractivity contribution >= 4 is 5.69 Å². The highest BCUT2D eigenvalue weighted by atomic mass is 16.5. The number of nitrogens with one attached hydrogen (secondary N) is 1. The lowest BCUT2D eigenvalue weighted by atomic mass is 10.1. The molecule has 0 aliphatic carbocycles. The van der Waals surface area contributed by atoms with Gasteiger partial charge in [0.1, 0.15) is 0 Å². The minimum Gasteiger partial charge on any atom is -0.376 e. The fourth-order valence-corrected chi connectivity index (χ4v) is 2.25. The van der Waals surface area contributed by atoms with E-state index in [1.165, 1.54) is 11.3 Å². The Bertz CT molecular complexity index is 348. The zero-order valence-corrected chi connectivity index (χ0v) is 10.8. The van der Waals surface area contributed by atoms with Crippen molar-refractivity contribution in [3.63, 3.8) is 0 Å². The number of para-hydroxylation sites is 1. The lowest BCUT2D eigenvalue weighted by molar-refractivity contribution is 0.0250. The number of ether oxygens (including phenoxy) is 1. The zero-order chi connectivity index (χ0) is 12.1. The van der Waals surface area contributed by atoms with E-state index in [0.29, 0.717) is 6.10 Å². The number of hydrogen-bond acceptors (Lipinski definition) is 3. The molecule has 1 unspecified atom stereocenters. The molecule has 0 saturated carbocycles. The van der Waals surface area contributed by atoms with Gasteiger partial charge in [0, 0.05) is 32.4 Å². The predicted octanol–water partition coefficient (Wildman–Crippen LogP) is 1.81. The summed E-state index contributed by atoms with van der Waals surface area (Å²) in [6.07, 6.45) is 1.45. The third-order valence-electron chi connectivity index (χ3n) is 3.32. The summed E-state index contributed by atoms with van der Waals surface area (Å²) in [6, 6.07) is 8.51. The van der Waals surface area contributed by atoms with Crippen LogP contribution in [-0.2, 0) is 4.74 Å². The molecule has 1 N–H and O–H groups in total. The van der Waals surface area contributed by atoms with Gasteiger partial charge in [-0.05, 0) is 25.0 Å². The summed E-state index contributed by atoms with van der Waals surface area (Å²) < 4.78 is 5.71. The molecule has 3 nitrogen and oxygen atoms in total. The van der Waals surface area contributed by atoms with Crippen LogP contribution in [0.25, 0.3) is 0 Å². The Morgan fingerprint density at radius 1 is 1.41 bits per heavy atom. The molecule has 17 heavy (non-hydrogen) atoms. The zero-order valence-electron chi connectivity index (χ0n) is 10.8. The molecule has 1 aromatic carbocycles. The molecule has 0 aromatic heterocycles. The van der Waals surface area contributed by atoms with Gasteiger partial charge in [0.25, 0.3) is 0 Å². The van der Waals surface area contributed by atoms with E-state index in [4.69, 9.17) is 4.74 Å². The molecule has 3 heteroatoms. The van der Waals surface area contributed by atoms with Gasteiger partial charge >= 0.3 is 0 Å². The second-order valence-corrected chi connectivity index (χ2v) is 4.69. The normalized spacial score (nSPS) is 20.2. The first kappa shape index (κ1) is 12.4. The van der Waals surface area contributed by atoms with Crippen molar-refractivity contribution in [3.05, 3.63) is 29.8 Å². The van der Waals surface area contributed by atoms with E-state index >= 15 is 0 Å². The van der Waals surface area contributed by atoms with Crippen molar-refractivity contribution in [2.45, 2.75) is 19.4 Å². The fourth-order valence-electron chi connectivity index (χ4n) is 2.25. The van der Waals surface area contributed by atoms with Crippen LogP contribution in [0.2, 0.25) is 0 Å². The Morgan fingerprint density at radius 3 is 2.94 bits per heavy atom. The van der Waals surface area contributed by atoms with E-state index in [1.54, 1.807) is 0 Å². The van der Waals surface area contributed by atoms with Crippen LogP contribution in [0, 0.1) is 6.92 Å². The van der Waals surface area contributed by atoms with Crippen molar-refractivity contribution in [2.24, 2.45) is 0 Å². The number of nitrogens with zero attached hydrogens (tertiary/aromatic N) is 1. The molecule has 94 valence electrons. The van der Waals surface area contributed by atoms with Gasteiger partial charge in [0.2, 0.25) is 0 Å². The molecule has 1 aliphatic rings. The van der Waals surface area contributed by atoms with Gasteiger partial charge in [-0.15, -0.1) is 0 Å². The topological polar surface area (TPSA) is 24.5 Å². The Balaban J connectivity index is 1.84. The van der Waals surface area contributed by atoms with E-state index in [2.05, 4.69) is 48.5 Å². The van der Waals surface area contributed by atoms with E-state index in [1.807, 2.05) is 0 Å². The van der Waals surface area contributed by atoms with Crippen molar-refractivity contribution < 1.29 is 4.74 Å². The number of morpholine rings is 1. The lowest BCUT2D eigenvalue weighted by Gasteiger charge is -2.27. The summed E-state index contributed by atoms with van der Waals surface area (Å²) in [5, 5.41) is 3.37. The largest absolute Gasteiger partial charge is 0.376 e. The van der Waals surface area contributed by atoms with Crippen LogP contribution in [0.5, 0.6) is 0 Å². The molecular formula is C14H22N2O. The molecule has 2 rings (SSSR count). The molecule has 1 aromatic rings. The molecule has 1 fully saturated rings. The van der Waals surface area contributed by atoms with Gasteiger partial charge in [0.05, 0.1) is 12.7 Å². The molecule has 1 atom stereocenters. The van der Waals surface area contributed by atoms with Crippen LogP contribution in [-0.4, -0.2) is 39.4 Å². The summed E-state index contributed by atoms with van der Waals surface area (Å²) >= 11 is 0. The molecule has 0 bridgehead atoms. The molecule has 1 saturated heterocycles. The van der Waals surface area contributed by atoms with E-state index < -0.39 is 0 Å². The first-order valence-corrected chi connectivity index (χ1v) is 6.36. The van der Waals surface area contributed by atoms with E-state index in [9.17, 15) is 0 Å². The van der Waals surface area contributed by atoms with Crippen molar-refractivity contribution in [3.8, 4) is 0 Å². The maximum atomic E-state index is 5.71. The minimum atomic E-state index is 0.371. The van der Waals surface area contributed by atoms with Gasteiger partial charge in [-0.1, -0.05) is 18.2 Å². The molecule has 0 amide bonds. The maximum Gasteiger partial charge on any atom is 0.0716 e. The van der Waals surface area contributed by atoms with Gasteiger partial charge in [-0.2, -0.15) is 0 Å². The summed E-state index contributed by atoms with van der Waals surface area (Å²) in [5.41, 5.74) is 2.65. The smallest absolute Gasteiger partial charge is 0.0716 e. The molecule has 1 aliphatic heterocycles. The molecule has 0 spiro atoms. The number of aryl methyl sites for hydroxylation is 1. The molecule has 1 heterocycles. The van der Waals surface area contributed by atoms with E-state index in [0.717, 1.165) is 32.7 Å². The predicted molar refractivity (Wildman–Crippen MR) is 71.7 cm³/mol. The Morgan fingerprint density at radius 2 is 2.24 bits per heavy atom. The van der Waals surface area contributed by atoms with Crippen molar-refractivity contribution in [2.75, 3.05) is 38.2 Å². The van der Waals surface area contributed by atoms with Gasteiger partial charge in [0.15, 0.2) is 0 Å². The van der Waals surface area contributed by atoms with Crippen LogP contribution in [0.1, 0.15) is 12.0 Å². The standard InChI is InChI=1S/C14H22N2O/c1-12-5-3-4-6-14(12)16(2)9-7-13-11-15-8-10-17-13/h3-6,13,15H,7-11H2,1-2H3. The summed E-state index contributed by atoms with van der Waals surface area (Å²) in [7, 11) is 2.15. The molecular weight excluding hydrogens is 212 g/mol. The van der Waals surface area contributed by atoms with Crippen LogP contribution in [0.15, 0.2) is 24.3 Å². The fraction of sp³-hybridized carbons (Fsp3) is 0.571. The summed E-state index contributed by atoms with van der Waals surface area (Å²) in [4.78, 5) is 2.31. The number of benzene rings is 1. The van der Waals surface area contributed by atoms with Crippen LogP contribution in [0.3, 0.4) is 0 Å². The second kappa shape index (κ2) is 6.03. The number of rotatable bonds is 4. The Labute approximate surface area is 104 Å². The first-order chi connectivity index (χ1) is 8.27. The van der Waals surface area contributed by atoms with E-state index in [-0.39, 0.29) is 0 Å². The highest BCUT2D eigenvalue weighted by Gasteiger charge is 2.14. The highest BCUT2D eigenvalue weighted by molar-refractivity contribution is 5.52. The number of anilines is 1.